The second-order valence-corrected chi connectivity index (χ2v) is 5.24. The van der Waals surface area contributed by atoms with Gasteiger partial charge >= 0.3 is 0 Å². The fourth-order valence-electron chi connectivity index (χ4n) is 1.65. The van der Waals surface area contributed by atoms with Crippen molar-refractivity contribution in [1.29, 1.82) is 0 Å². The van der Waals surface area contributed by atoms with E-state index in [1.165, 1.54) is 10.5 Å². The Bertz CT molecular complexity index is 489. The molecule has 2 aromatic rings. The average molecular weight is 244 g/mol. The average Bonchev–Trinajstić information content (AvgIpc) is 2.32. The summed E-state index contributed by atoms with van der Waals surface area (Å²) in [4.78, 5) is 2.31. The molecule has 2 heteroatoms. The Hall–Kier alpha value is -1.25. The molecule has 2 aromatic carbocycles. The van der Waals surface area contributed by atoms with E-state index in [1.54, 1.807) is 18.7 Å². The summed E-state index contributed by atoms with van der Waals surface area (Å²) < 4.78 is 0. The van der Waals surface area contributed by atoms with E-state index in [9.17, 15) is 5.11 Å². The lowest BCUT2D eigenvalue weighted by molar-refractivity contribution is 0.196. The summed E-state index contributed by atoms with van der Waals surface area (Å²) in [5, 5.41) is 9.71. The van der Waals surface area contributed by atoms with Gasteiger partial charge in [0, 0.05) is 9.79 Å². The van der Waals surface area contributed by atoms with Crippen LogP contribution in [0.2, 0.25) is 0 Å². The Morgan fingerprint density at radius 2 is 1.65 bits per heavy atom. The maximum Gasteiger partial charge on any atom is 0.0772 e. The molecule has 0 saturated carbocycles. The minimum atomic E-state index is -0.427. The molecule has 0 aliphatic heterocycles. The van der Waals surface area contributed by atoms with Crippen LogP contribution in [-0.2, 0) is 0 Å². The van der Waals surface area contributed by atoms with E-state index in [-0.39, 0.29) is 0 Å². The molecule has 2 rings (SSSR count). The van der Waals surface area contributed by atoms with Gasteiger partial charge < -0.3 is 5.11 Å². The van der Waals surface area contributed by atoms with E-state index in [0.29, 0.717) is 0 Å². The molecule has 0 aliphatic rings. The first-order valence-electron chi connectivity index (χ1n) is 5.68. The zero-order chi connectivity index (χ0) is 12.3. The third kappa shape index (κ3) is 3.11. The first-order valence-corrected chi connectivity index (χ1v) is 6.50. The number of hydrogen-bond acceptors (Lipinski definition) is 2. The highest BCUT2D eigenvalue weighted by Gasteiger charge is 2.08. The number of aliphatic hydroxyl groups excluding tert-OH is 1. The topological polar surface area (TPSA) is 20.2 Å². The molecule has 0 fully saturated rings. The molecule has 0 saturated heterocycles. The van der Waals surface area contributed by atoms with E-state index >= 15 is 0 Å². The molecule has 1 N–H and O–H groups in total. The second kappa shape index (κ2) is 5.39. The van der Waals surface area contributed by atoms with E-state index in [4.69, 9.17) is 0 Å². The smallest absolute Gasteiger partial charge is 0.0772 e. The monoisotopic (exact) mass is 244 g/mol. The van der Waals surface area contributed by atoms with Gasteiger partial charge in [0.1, 0.15) is 0 Å². The first-order chi connectivity index (χ1) is 8.16. The molecule has 0 heterocycles. The third-order valence-electron chi connectivity index (χ3n) is 2.62. The van der Waals surface area contributed by atoms with Gasteiger partial charge in [-0.1, -0.05) is 47.7 Å². The highest BCUT2D eigenvalue weighted by Crippen LogP contribution is 2.33. The van der Waals surface area contributed by atoms with Crippen LogP contribution >= 0.6 is 11.8 Å². The lowest BCUT2D eigenvalue weighted by Crippen LogP contribution is -1.93. The molecule has 0 amide bonds. The Labute approximate surface area is 107 Å². The van der Waals surface area contributed by atoms with E-state index in [0.717, 1.165) is 10.5 Å². The summed E-state index contributed by atoms with van der Waals surface area (Å²) in [6.45, 7) is 3.88. The lowest BCUT2D eigenvalue weighted by Gasteiger charge is -2.11. The van der Waals surface area contributed by atoms with Crippen molar-refractivity contribution in [3.8, 4) is 0 Å². The minimum Gasteiger partial charge on any atom is -0.389 e. The van der Waals surface area contributed by atoms with Crippen LogP contribution < -0.4 is 0 Å². The van der Waals surface area contributed by atoms with Gasteiger partial charge in [-0.25, -0.2) is 0 Å². The first kappa shape index (κ1) is 12.2. The van der Waals surface area contributed by atoms with Crippen molar-refractivity contribution in [3.63, 3.8) is 0 Å². The summed E-state index contributed by atoms with van der Waals surface area (Å²) in [6, 6.07) is 16.4. The Morgan fingerprint density at radius 1 is 1.00 bits per heavy atom. The van der Waals surface area contributed by atoms with Gasteiger partial charge in [0.2, 0.25) is 0 Å². The number of hydrogen-bond donors (Lipinski definition) is 1. The largest absolute Gasteiger partial charge is 0.389 e. The van der Waals surface area contributed by atoms with Crippen LogP contribution in [0.25, 0.3) is 0 Å². The van der Waals surface area contributed by atoms with Gasteiger partial charge in [0.15, 0.2) is 0 Å². The third-order valence-corrected chi connectivity index (χ3v) is 3.72. The molecule has 1 unspecified atom stereocenters. The Balaban J connectivity index is 2.26. The van der Waals surface area contributed by atoms with Crippen molar-refractivity contribution >= 4 is 11.8 Å². The molecule has 88 valence electrons. The van der Waals surface area contributed by atoms with Crippen molar-refractivity contribution in [2.24, 2.45) is 0 Å². The standard InChI is InChI=1S/C15H16OS/c1-11-7-9-13(10-8-11)17-15-6-4-3-5-14(15)12(2)16/h3-10,12,16H,1-2H3. The molecule has 0 aromatic heterocycles. The van der Waals surface area contributed by atoms with Crippen LogP contribution in [-0.4, -0.2) is 5.11 Å². The van der Waals surface area contributed by atoms with Crippen molar-refractivity contribution in [1.82, 2.24) is 0 Å². The molecular formula is C15H16OS. The lowest BCUT2D eigenvalue weighted by atomic mass is 10.1. The Kier molecular flexibility index (Phi) is 3.87. The summed E-state index contributed by atoms with van der Waals surface area (Å²) in [6.07, 6.45) is -0.427. The molecule has 0 aliphatic carbocycles. The second-order valence-electron chi connectivity index (χ2n) is 4.13. The predicted molar refractivity (Wildman–Crippen MR) is 72.4 cm³/mol. The summed E-state index contributed by atoms with van der Waals surface area (Å²) >= 11 is 1.69. The van der Waals surface area contributed by atoms with Crippen LogP contribution in [0.15, 0.2) is 58.3 Å². The van der Waals surface area contributed by atoms with Crippen molar-refractivity contribution < 1.29 is 5.11 Å². The van der Waals surface area contributed by atoms with Gasteiger partial charge in [0.05, 0.1) is 6.10 Å². The molecule has 17 heavy (non-hydrogen) atoms. The molecule has 0 spiro atoms. The highest BCUT2D eigenvalue weighted by molar-refractivity contribution is 7.99. The van der Waals surface area contributed by atoms with Gasteiger partial charge in [-0.05, 0) is 37.6 Å². The van der Waals surface area contributed by atoms with E-state index in [2.05, 4.69) is 31.2 Å². The normalized spacial score (nSPS) is 12.4. The van der Waals surface area contributed by atoms with Crippen molar-refractivity contribution in [2.75, 3.05) is 0 Å². The SMILES string of the molecule is Cc1ccc(Sc2ccccc2C(C)O)cc1. The maximum absolute atomic E-state index is 9.71. The van der Waals surface area contributed by atoms with Gasteiger partial charge in [0.25, 0.3) is 0 Å². The van der Waals surface area contributed by atoms with Crippen LogP contribution in [0, 0.1) is 6.92 Å². The zero-order valence-electron chi connectivity index (χ0n) is 10.1. The number of aliphatic hydroxyl groups is 1. The summed E-state index contributed by atoms with van der Waals surface area (Å²) in [7, 11) is 0. The molecule has 1 atom stereocenters. The summed E-state index contributed by atoms with van der Waals surface area (Å²) in [5.74, 6) is 0. The predicted octanol–water partition coefficient (Wildman–Crippen LogP) is 4.20. The van der Waals surface area contributed by atoms with Gasteiger partial charge in [-0.3, -0.25) is 0 Å². The fourth-order valence-corrected chi connectivity index (χ4v) is 2.68. The van der Waals surface area contributed by atoms with Crippen LogP contribution in [0.1, 0.15) is 24.2 Å². The van der Waals surface area contributed by atoms with Gasteiger partial charge in [-0.15, -0.1) is 0 Å². The maximum atomic E-state index is 9.71. The van der Waals surface area contributed by atoms with Crippen molar-refractivity contribution in [3.05, 3.63) is 59.7 Å². The van der Waals surface area contributed by atoms with Crippen LogP contribution in [0.5, 0.6) is 0 Å². The molecule has 1 nitrogen and oxygen atoms in total. The van der Waals surface area contributed by atoms with Crippen LogP contribution in [0.3, 0.4) is 0 Å². The van der Waals surface area contributed by atoms with Gasteiger partial charge in [-0.2, -0.15) is 0 Å². The molecule has 0 bridgehead atoms. The highest BCUT2D eigenvalue weighted by atomic mass is 32.2. The van der Waals surface area contributed by atoms with Crippen molar-refractivity contribution in [2.45, 2.75) is 29.7 Å². The Morgan fingerprint density at radius 3 is 2.29 bits per heavy atom. The van der Waals surface area contributed by atoms with E-state index < -0.39 is 6.10 Å². The minimum absolute atomic E-state index is 0.427. The summed E-state index contributed by atoms with van der Waals surface area (Å²) in [5.41, 5.74) is 2.25. The number of benzene rings is 2. The quantitative estimate of drug-likeness (QED) is 0.873. The molecular weight excluding hydrogens is 228 g/mol. The van der Waals surface area contributed by atoms with Crippen LogP contribution in [0.4, 0.5) is 0 Å². The zero-order valence-corrected chi connectivity index (χ0v) is 10.9. The molecule has 0 radical (unpaired) electrons. The van der Waals surface area contributed by atoms with E-state index in [1.807, 2.05) is 24.3 Å². The number of aryl methyl sites for hydroxylation is 1. The number of rotatable bonds is 3. The fraction of sp³-hybridized carbons (Fsp3) is 0.200.